The van der Waals surface area contributed by atoms with E-state index in [4.69, 9.17) is 0 Å². The number of thiophene rings is 1. The number of hydrogen-bond acceptors (Lipinski definition) is 6. The van der Waals surface area contributed by atoms with Crippen LogP contribution in [0.4, 0.5) is 5.82 Å². The van der Waals surface area contributed by atoms with E-state index in [-0.39, 0.29) is 11.8 Å². The maximum absolute atomic E-state index is 12.2. The summed E-state index contributed by atoms with van der Waals surface area (Å²) >= 11 is 1.72. The van der Waals surface area contributed by atoms with Gasteiger partial charge in [-0.15, -0.1) is 11.3 Å². The fourth-order valence-corrected chi connectivity index (χ4v) is 4.29. The number of benzene rings is 1. The Hall–Kier alpha value is -3.32. The van der Waals surface area contributed by atoms with Gasteiger partial charge in [0.15, 0.2) is 0 Å². The van der Waals surface area contributed by atoms with Gasteiger partial charge in [-0.05, 0) is 30.7 Å². The van der Waals surface area contributed by atoms with Gasteiger partial charge in [-0.1, -0.05) is 25.1 Å². The lowest BCUT2D eigenvalue weighted by Gasteiger charge is -2.16. The molecule has 152 valence electrons. The lowest BCUT2D eigenvalue weighted by atomic mass is 9.96. The van der Waals surface area contributed by atoms with Crippen LogP contribution in [0.5, 0.6) is 0 Å². The molecular formula is C23H23N5OS. The van der Waals surface area contributed by atoms with Crippen LogP contribution in [0.1, 0.15) is 33.6 Å². The van der Waals surface area contributed by atoms with E-state index in [2.05, 4.69) is 57.6 Å². The average molecular weight is 418 g/mol. The summed E-state index contributed by atoms with van der Waals surface area (Å²) < 4.78 is 0. The molecule has 0 spiro atoms. The standard InChI is InChI=1S/C23H23N5OS/c1-14(12-26-21-11-19(27-13-28-21)20-8-7-15(2)30-20)16-5-4-6-17-18(23(29)24-3)9-10-25-22(16)17/h4-11,13-14H,12H2,1-3H3,(H,24,29)(H,26,27,28)/t14-/m1/s1. The van der Waals surface area contributed by atoms with Crippen LogP contribution in [0.25, 0.3) is 21.5 Å². The van der Waals surface area contributed by atoms with Crippen LogP contribution >= 0.6 is 11.3 Å². The van der Waals surface area contributed by atoms with Gasteiger partial charge in [0.25, 0.3) is 5.91 Å². The van der Waals surface area contributed by atoms with Crippen molar-refractivity contribution in [3.8, 4) is 10.6 Å². The minimum Gasteiger partial charge on any atom is -0.369 e. The molecule has 1 amide bonds. The summed E-state index contributed by atoms with van der Waals surface area (Å²) in [7, 11) is 1.64. The summed E-state index contributed by atoms with van der Waals surface area (Å²) in [5.74, 6) is 0.850. The molecular weight excluding hydrogens is 394 g/mol. The number of nitrogens with zero attached hydrogens (tertiary/aromatic N) is 3. The zero-order valence-corrected chi connectivity index (χ0v) is 18.0. The Morgan fingerprint density at radius 2 is 2.00 bits per heavy atom. The zero-order valence-electron chi connectivity index (χ0n) is 17.1. The molecule has 0 unspecified atom stereocenters. The number of amides is 1. The van der Waals surface area contributed by atoms with Crippen LogP contribution in [-0.2, 0) is 0 Å². The Bertz CT molecular complexity index is 1200. The molecule has 0 radical (unpaired) electrons. The molecule has 0 saturated heterocycles. The second-order valence-corrected chi connectivity index (χ2v) is 8.45. The normalized spacial score (nSPS) is 12.0. The molecule has 0 saturated carbocycles. The first kappa shape index (κ1) is 20.0. The van der Waals surface area contributed by atoms with Gasteiger partial charge >= 0.3 is 0 Å². The largest absolute Gasteiger partial charge is 0.369 e. The Morgan fingerprint density at radius 3 is 2.77 bits per heavy atom. The van der Waals surface area contributed by atoms with Crippen LogP contribution in [-0.4, -0.2) is 34.5 Å². The SMILES string of the molecule is CNC(=O)c1ccnc2c([C@H](C)CNc3cc(-c4ccc(C)s4)ncn3)cccc12. The van der Waals surface area contributed by atoms with Gasteiger partial charge in [-0.3, -0.25) is 9.78 Å². The van der Waals surface area contributed by atoms with Gasteiger partial charge in [-0.25, -0.2) is 9.97 Å². The predicted octanol–water partition coefficient (Wildman–Crippen LogP) is 4.64. The summed E-state index contributed by atoms with van der Waals surface area (Å²) in [6, 6.07) is 13.9. The first-order chi connectivity index (χ1) is 14.6. The van der Waals surface area contributed by atoms with Crippen molar-refractivity contribution < 1.29 is 4.79 Å². The number of hydrogen-bond donors (Lipinski definition) is 2. The zero-order chi connectivity index (χ0) is 21.1. The molecule has 4 rings (SSSR count). The van der Waals surface area contributed by atoms with Gasteiger partial charge < -0.3 is 10.6 Å². The number of anilines is 1. The first-order valence-corrected chi connectivity index (χ1v) is 10.6. The number of carbonyl (C=O) groups excluding carboxylic acids is 1. The van der Waals surface area contributed by atoms with E-state index >= 15 is 0 Å². The Balaban J connectivity index is 1.56. The van der Waals surface area contributed by atoms with Crippen molar-refractivity contribution in [1.29, 1.82) is 0 Å². The number of pyridine rings is 1. The molecule has 6 nitrogen and oxygen atoms in total. The maximum atomic E-state index is 12.2. The van der Waals surface area contributed by atoms with Crippen molar-refractivity contribution in [2.75, 3.05) is 18.9 Å². The third-order valence-corrected chi connectivity index (χ3v) is 6.08. The van der Waals surface area contributed by atoms with Crippen LogP contribution in [0, 0.1) is 6.92 Å². The topological polar surface area (TPSA) is 79.8 Å². The number of nitrogens with one attached hydrogen (secondary N) is 2. The number of aromatic nitrogens is 3. The fourth-order valence-electron chi connectivity index (χ4n) is 3.46. The van der Waals surface area contributed by atoms with Crippen LogP contribution in [0.15, 0.2) is 55.0 Å². The van der Waals surface area contributed by atoms with Gasteiger partial charge in [0.1, 0.15) is 12.1 Å². The number of aryl methyl sites for hydroxylation is 1. The summed E-state index contributed by atoms with van der Waals surface area (Å²) in [6.45, 7) is 4.91. The number of rotatable bonds is 6. The average Bonchev–Trinajstić information content (AvgIpc) is 3.22. The molecule has 0 aliphatic carbocycles. The van der Waals surface area contributed by atoms with E-state index in [0.29, 0.717) is 12.1 Å². The van der Waals surface area contributed by atoms with E-state index < -0.39 is 0 Å². The van der Waals surface area contributed by atoms with Crippen molar-refractivity contribution in [2.45, 2.75) is 19.8 Å². The van der Waals surface area contributed by atoms with Crippen LogP contribution in [0.3, 0.4) is 0 Å². The molecule has 7 heteroatoms. The number of para-hydroxylation sites is 1. The van der Waals surface area contributed by atoms with Crippen molar-refractivity contribution in [3.05, 3.63) is 71.0 Å². The first-order valence-electron chi connectivity index (χ1n) is 9.79. The van der Waals surface area contributed by atoms with Gasteiger partial charge in [0.2, 0.25) is 0 Å². The number of fused-ring (bicyclic) bond motifs is 1. The van der Waals surface area contributed by atoms with Crippen molar-refractivity contribution >= 4 is 34.0 Å². The molecule has 30 heavy (non-hydrogen) atoms. The lowest BCUT2D eigenvalue weighted by molar-refractivity contribution is 0.0964. The molecule has 2 N–H and O–H groups in total. The Morgan fingerprint density at radius 1 is 1.13 bits per heavy atom. The van der Waals surface area contributed by atoms with Gasteiger partial charge in [0.05, 0.1) is 21.7 Å². The molecule has 3 aromatic heterocycles. The quantitative estimate of drug-likeness (QED) is 0.478. The lowest BCUT2D eigenvalue weighted by Crippen LogP contribution is -2.18. The summed E-state index contributed by atoms with van der Waals surface area (Å²) in [6.07, 6.45) is 3.28. The van der Waals surface area contributed by atoms with E-state index in [9.17, 15) is 4.79 Å². The molecule has 0 aliphatic rings. The van der Waals surface area contributed by atoms with Crippen LogP contribution in [0.2, 0.25) is 0 Å². The van der Waals surface area contributed by atoms with Crippen molar-refractivity contribution in [1.82, 2.24) is 20.3 Å². The van der Waals surface area contributed by atoms with E-state index in [1.807, 2.05) is 18.2 Å². The predicted molar refractivity (Wildman–Crippen MR) is 122 cm³/mol. The van der Waals surface area contributed by atoms with E-state index in [1.165, 1.54) is 4.88 Å². The van der Waals surface area contributed by atoms with Gasteiger partial charge in [0, 0.05) is 42.0 Å². The van der Waals surface area contributed by atoms with Crippen molar-refractivity contribution in [3.63, 3.8) is 0 Å². The Labute approximate surface area is 179 Å². The molecule has 1 aromatic carbocycles. The molecule has 0 fully saturated rings. The molecule has 0 bridgehead atoms. The third kappa shape index (κ3) is 4.02. The van der Waals surface area contributed by atoms with Crippen molar-refractivity contribution in [2.24, 2.45) is 0 Å². The van der Waals surface area contributed by atoms with E-state index in [0.717, 1.165) is 32.9 Å². The van der Waals surface area contributed by atoms with E-state index in [1.54, 1.807) is 37.0 Å². The molecule has 1 atom stereocenters. The van der Waals surface area contributed by atoms with Gasteiger partial charge in [-0.2, -0.15) is 0 Å². The smallest absolute Gasteiger partial charge is 0.251 e. The third-order valence-electron chi connectivity index (χ3n) is 5.05. The highest BCUT2D eigenvalue weighted by Gasteiger charge is 2.15. The second kappa shape index (κ2) is 8.59. The monoisotopic (exact) mass is 417 g/mol. The van der Waals surface area contributed by atoms with Crippen LogP contribution < -0.4 is 10.6 Å². The molecule has 0 aliphatic heterocycles. The highest BCUT2D eigenvalue weighted by Crippen LogP contribution is 2.28. The number of carbonyl (C=O) groups is 1. The minimum absolute atomic E-state index is 0.109. The second-order valence-electron chi connectivity index (χ2n) is 7.16. The Kier molecular flexibility index (Phi) is 5.72. The minimum atomic E-state index is -0.109. The highest BCUT2D eigenvalue weighted by molar-refractivity contribution is 7.15. The highest BCUT2D eigenvalue weighted by atomic mass is 32.1. The fraction of sp³-hybridized carbons (Fsp3) is 0.217. The molecule has 3 heterocycles. The maximum Gasteiger partial charge on any atom is 0.251 e. The summed E-state index contributed by atoms with van der Waals surface area (Å²) in [4.78, 5) is 27.9. The summed E-state index contributed by atoms with van der Waals surface area (Å²) in [5, 5.41) is 6.98. The molecule has 4 aromatic rings. The summed E-state index contributed by atoms with van der Waals surface area (Å²) in [5.41, 5.74) is 3.50.